The average molecular weight is 275 g/mol. The van der Waals surface area contributed by atoms with Gasteiger partial charge in [-0.3, -0.25) is 0 Å². The van der Waals surface area contributed by atoms with Gasteiger partial charge in [0.15, 0.2) is 0 Å². The zero-order chi connectivity index (χ0) is 13.2. The number of rotatable bonds is 5. The van der Waals surface area contributed by atoms with E-state index in [9.17, 15) is 8.42 Å². The van der Waals surface area contributed by atoms with E-state index in [-0.39, 0.29) is 6.04 Å². The van der Waals surface area contributed by atoms with Crippen molar-refractivity contribution in [2.45, 2.75) is 51.6 Å². The lowest BCUT2D eigenvalue weighted by Crippen LogP contribution is -2.50. The van der Waals surface area contributed by atoms with Gasteiger partial charge in [0.25, 0.3) is 10.2 Å². The van der Waals surface area contributed by atoms with Gasteiger partial charge in [0.2, 0.25) is 0 Å². The van der Waals surface area contributed by atoms with Crippen molar-refractivity contribution in [3.8, 4) is 0 Å². The third-order valence-corrected chi connectivity index (χ3v) is 6.01. The van der Waals surface area contributed by atoms with Gasteiger partial charge < -0.3 is 5.32 Å². The minimum atomic E-state index is -3.26. The van der Waals surface area contributed by atoms with Gasteiger partial charge >= 0.3 is 0 Å². The van der Waals surface area contributed by atoms with Gasteiger partial charge in [0.05, 0.1) is 0 Å². The van der Waals surface area contributed by atoms with E-state index in [0.29, 0.717) is 25.7 Å². The molecule has 106 valence electrons. The average Bonchev–Trinajstić information content (AvgIpc) is 2.98. The highest BCUT2D eigenvalue weighted by atomic mass is 32.2. The molecule has 1 atom stereocenters. The fourth-order valence-corrected chi connectivity index (χ4v) is 4.69. The lowest BCUT2D eigenvalue weighted by atomic mass is 10.2. The molecule has 2 heterocycles. The highest BCUT2D eigenvalue weighted by molar-refractivity contribution is 7.86. The third-order valence-electron chi connectivity index (χ3n) is 3.83. The first-order valence-corrected chi connectivity index (χ1v) is 8.42. The van der Waals surface area contributed by atoms with Crippen molar-refractivity contribution < 1.29 is 8.42 Å². The zero-order valence-electron chi connectivity index (χ0n) is 11.4. The minimum absolute atomic E-state index is 0.0259. The van der Waals surface area contributed by atoms with Crippen LogP contribution in [0.3, 0.4) is 0 Å². The second-order valence-electron chi connectivity index (χ2n) is 5.57. The monoisotopic (exact) mass is 275 g/mol. The standard InChI is InChI=1S/C12H25N3O2S/c1-11(2)15(10-12-6-5-7-13-12)18(16,17)14-8-3-4-9-14/h11-13H,3-10H2,1-2H3. The Kier molecular flexibility index (Phi) is 4.64. The summed E-state index contributed by atoms with van der Waals surface area (Å²) in [7, 11) is -3.26. The van der Waals surface area contributed by atoms with Crippen molar-refractivity contribution in [2.75, 3.05) is 26.2 Å². The van der Waals surface area contributed by atoms with E-state index in [1.54, 1.807) is 8.61 Å². The Hall–Kier alpha value is -0.170. The molecule has 0 aromatic carbocycles. The summed E-state index contributed by atoms with van der Waals surface area (Å²) in [4.78, 5) is 0. The molecule has 1 unspecified atom stereocenters. The Labute approximate surface area is 111 Å². The molecule has 0 spiro atoms. The van der Waals surface area contributed by atoms with Crippen molar-refractivity contribution in [3.63, 3.8) is 0 Å². The maximum Gasteiger partial charge on any atom is 0.282 e. The van der Waals surface area contributed by atoms with Crippen LogP contribution in [0.2, 0.25) is 0 Å². The Morgan fingerprint density at radius 2 is 1.94 bits per heavy atom. The fourth-order valence-electron chi connectivity index (χ4n) is 2.77. The first-order valence-electron chi connectivity index (χ1n) is 7.02. The molecule has 2 aliphatic heterocycles. The first kappa shape index (κ1) is 14.2. The zero-order valence-corrected chi connectivity index (χ0v) is 12.2. The van der Waals surface area contributed by atoms with Crippen molar-refractivity contribution >= 4 is 10.2 Å². The minimum Gasteiger partial charge on any atom is -0.313 e. The molecule has 2 fully saturated rings. The van der Waals surface area contributed by atoms with Crippen LogP contribution in [0.25, 0.3) is 0 Å². The van der Waals surface area contributed by atoms with Crippen molar-refractivity contribution in [2.24, 2.45) is 0 Å². The van der Waals surface area contributed by atoms with Crippen LogP contribution in [0.1, 0.15) is 39.5 Å². The van der Waals surface area contributed by atoms with Gasteiger partial charge in [-0.1, -0.05) is 0 Å². The summed E-state index contributed by atoms with van der Waals surface area (Å²) in [6.07, 6.45) is 4.22. The molecule has 5 nitrogen and oxygen atoms in total. The van der Waals surface area contributed by atoms with Crippen LogP contribution in [0.15, 0.2) is 0 Å². The molecule has 6 heteroatoms. The van der Waals surface area contributed by atoms with Gasteiger partial charge in [-0.15, -0.1) is 0 Å². The normalized spacial score (nSPS) is 26.6. The molecule has 0 aromatic heterocycles. The number of nitrogens with zero attached hydrogens (tertiary/aromatic N) is 2. The highest BCUT2D eigenvalue weighted by Gasteiger charge is 2.35. The lowest BCUT2D eigenvalue weighted by molar-refractivity contribution is 0.295. The molecule has 0 saturated carbocycles. The molecule has 18 heavy (non-hydrogen) atoms. The predicted octanol–water partition coefficient (Wildman–Crippen LogP) is 0.789. The SMILES string of the molecule is CC(C)N(CC1CCCN1)S(=O)(=O)N1CCCC1. The van der Waals surface area contributed by atoms with E-state index >= 15 is 0 Å². The Balaban J connectivity index is 2.07. The van der Waals surface area contributed by atoms with Crippen LogP contribution in [-0.2, 0) is 10.2 Å². The summed E-state index contributed by atoms with van der Waals surface area (Å²) in [5.41, 5.74) is 0. The predicted molar refractivity (Wildman–Crippen MR) is 72.6 cm³/mol. The molecule has 2 aliphatic rings. The van der Waals surface area contributed by atoms with Gasteiger partial charge in [-0.05, 0) is 46.1 Å². The number of hydrogen-bond acceptors (Lipinski definition) is 3. The maximum atomic E-state index is 12.6. The van der Waals surface area contributed by atoms with Crippen molar-refractivity contribution in [1.82, 2.24) is 13.9 Å². The Bertz CT molecular complexity index is 358. The van der Waals surface area contributed by atoms with Gasteiger partial charge in [-0.25, -0.2) is 0 Å². The van der Waals surface area contributed by atoms with E-state index in [2.05, 4.69) is 5.32 Å². The summed E-state index contributed by atoms with van der Waals surface area (Å²) >= 11 is 0. The summed E-state index contributed by atoms with van der Waals surface area (Å²) < 4.78 is 28.5. The molecular weight excluding hydrogens is 250 g/mol. The van der Waals surface area contributed by atoms with E-state index in [1.165, 1.54) is 0 Å². The third kappa shape index (κ3) is 3.04. The van der Waals surface area contributed by atoms with Crippen LogP contribution < -0.4 is 5.32 Å². The Morgan fingerprint density at radius 1 is 1.28 bits per heavy atom. The maximum absolute atomic E-state index is 12.6. The lowest BCUT2D eigenvalue weighted by Gasteiger charge is -2.32. The molecule has 0 aromatic rings. The molecule has 2 rings (SSSR count). The van der Waals surface area contributed by atoms with E-state index in [4.69, 9.17) is 0 Å². The van der Waals surface area contributed by atoms with Gasteiger partial charge in [-0.2, -0.15) is 17.0 Å². The Morgan fingerprint density at radius 3 is 2.44 bits per heavy atom. The molecule has 2 saturated heterocycles. The quantitative estimate of drug-likeness (QED) is 0.807. The second-order valence-corrected chi connectivity index (χ2v) is 7.45. The van der Waals surface area contributed by atoms with Crippen LogP contribution >= 0.6 is 0 Å². The van der Waals surface area contributed by atoms with Crippen LogP contribution in [0.4, 0.5) is 0 Å². The number of hydrogen-bond donors (Lipinski definition) is 1. The second kappa shape index (κ2) is 5.86. The van der Waals surface area contributed by atoms with Crippen molar-refractivity contribution in [1.29, 1.82) is 0 Å². The van der Waals surface area contributed by atoms with Gasteiger partial charge in [0.1, 0.15) is 0 Å². The highest BCUT2D eigenvalue weighted by Crippen LogP contribution is 2.20. The van der Waals surface area contributed by atoms with Crippen molar-refractivity contribution in [3.05, 3.63) is 0 Å². The van der Waals surface area contributed by atoms with Crippen LogP contribution in [0.5, 0.6) is 0 Å². The topological polar surface area (TPSA) is 52.7 Å². The van der Waals surface area contributed by atoms with Crippen LogP contribution in [-0.4, -0.2) is 55.3 Å². The molecular formula is C12H25N3O2S. The van der Waals surface area contributed by atoms with Gasteiger partial charge in [0, 0.05) is 31.7 Å². The fraction of sp³-hybridized carbons (Fsp3) is 1.00. The smallest absolute Gasteiger partial charge is 0.282 e. The molecule has 0 amide bonds. The summed E-state index contributed by atoms with van der Waals surface area (Å²) in [6.45, 7) is 6.91. The molecule has 0 radical (unpaired) electrons. The van der Waals surface area contributed by atoms with E-state index in [0.717, 1.165) is 32.2 Å². The summed E-state index contributed by atoms with van der Waals surface area (Å²) in [6, 6.07) is 0.350. The largest absolute Gasteiger partial charge is 0.313 e. The van der Waals surface area contributed by atoms with Crippen LogP contribution in [0, 0.1) is 0 Å². The molecule has 1 N–H and O–H groups in total. The molecule has 0 aliphatic carbocycles. The summed E-state index contributed by atoms with van der Waals surface area (Å²) in [5.74, 6) is 0. The summed E-state index contributed by atoms with van der Waals surface area (Å²) in [5, 5.41) is 3.38. The van der Waals surface area contributed by atoms with E-state index < -0.39 is 10.2 Å². The number of nitrogens with one attached hydrogen (secondary N) is 1. The van der Waals surface area contributed by atoms with E-state index in [1.807, 2.05) is 13.8 Å². The first-order chi connectivity index (χ1) is 8.51. The molecule has 0 bridgehead atoms.